The van der Waals surface area contributed by atoms with Gasteiger partial charge < -0.3 is 0 Å². The first-order valence-electron chi connectivity index (χ1n) is 11.5. The van der Waals surface area contributed by atoms with Gasteiger partial charge in [0.15, 0.2) is 0 Å². The van der Waals surface area contributed by atoms with Crippen LogP contribution in [0.4, 0.5) is 0 Å². The number of rotatable bonds is 4. The molecule has 0 saturated carbocycles. The van der Waals surface area contributed by atoms with Crippen molar-refractivity contribution >= 4 is 5.57 Å². The van der Waals surface area contributed by atoms with Gasteiger partial charge >= 0.3 is 0 Å². The second-order valence-corrected chi connectivity index (χ2v) is 9.43. The number of hydrogen-bond donors (Lipinski definition) is 0. The summed E-state index contributed by atoms with van der Waals surface area (Å²) in [6.07, 6.45) is 2.47. The van der Waals surface area contributed by atoms with Gasteiger partial charge in [0, 0.05) is 11.8 Å². The minimum atomic E-state index is -0.0893. The highest BCUT2D eigenvalue weighted by molar-refractivity contribution is 5.84. The average molecular weight is 426 g/mol. The Hall–Kier alpha value is -3.89. The molecule has 0 unspecified atom stereocenters. The summed E-state index contributed by atoms with van der Waals surface area (Å²) in [4.78, 5) is 0. The zero-order chi connectivity index (χ0) is 22.8. The fraction of sp³-hybridized carbons (Fsp3) is 0.156. The Labute approximate surface area is 196 Å². The summed E-state index contributed by atoms with van der Waals surface area (Å²) in [5.41, 5.74) is 8.39. The quantitative estimate of drug-likeness (QED) is 0.325. The molecule has 0 amide bonds. The summed E-state index contributed by atoms with van der Waals surface area (Å²) in [5.74, 6) is 0.417. The zero-order valence-corrected chi connectivity index (χ0v) is 19.1. The van der Waals surface area contributed by atoms with Crippen molar-refractivity contribution in [2.75, 3.05) is 0 Å². The van der Waals surface area contributed by atoms with Crippen LogP contribution in [0.3, 0.4) is 0 Å². The Bertz CT molecular complexity index is 1320. The molecule has 0 aliphatic heterocycles. The van der Waals surface area contributed by atoms with Crippen LogP contribution in [0.25, 0.3) is 5.57 Å². The first-order chi connectivity index (χ1) is 16.1. The lowest BCUT2D eigenvalue weighted by atomic mass is 9.60. The summed E-state index contributed by atoms with van der Waals surface area (Å²) in [5, 5.41) is 9.33. The number of nitriles is 1. The van der Waals surface area contributed by atoms with Crippen molar-refractivity contribution in [2.45, 2.75) is 25.7 Å². The highest BCUT2D eigenvalue weighted by Gasteiger charge is 2.41. The Balaban J connectivity index is 1.73. The van der Waals surface area contributed by atoms with Crippen molar-refractivity contribution in [3.8, 4) is 6.07 Å². The minimum absolute atomic E-state index is 0.0893. The number of nitrogens with zero attached hydrogens (tertiary/aromatic N) is 1. The summed E-state index contributed by atoms with van der Waals surface area (Å²) in [6.45, 7) is 4.71. The maximum atomic E-state index is 9.33. The van der Waals surface area contributed by atoms with Crippen molar-refractivity contribution in [2.24, 2.45) is 5.41 Å². The molecule has 0 N–H and O–H groups in total. The van der Waals surface area contributed by atoms with E-state index in [1.807, 2.05) is 12.1 Å². The van der Waals surface area contributed by atoms with Gasteiger partial charge in [0.05, 0.1) is 11.6 Å². The van der Waals surface area contributed by atoms with Crippen LogP contribution in [0.1, 0.15) is 59.1 Å². The van der Waals surface area contributed by atoms with Crippen molar-refractivity contribution in [3.05, 3.63) is 149 Å². The molecular weight excluding hydrogens is 398 g/mol. The van der Waals surface area contributed by atoms with Gasteiger partial charge in [-0.1, -0.05) is 117 Å². The van der Waals surface area contributed by atoms with Gasteiger partial charge in [0.25, 0.3) is 0 Å². The van der Waals surface area contributed by atoms with Crippen LogP contribution in [0.5, 0.6) is 0 Å². The topological polar surface area (TPSA) is 23.8 Å². The van der Waals surface area contributed by atoms with Crippen molar-refractivity contribution in [1.82, 2.24) is 0 Å². The predicted octanol–water partition coefficient (Wildman–Crippen LogP) is 7.95. The minimum Gasteiger partial charge on any atom is -0.192 e. The third-order valence-corrected chi connectivity index (χ3v) is 6.88. The third-order valence-electron chi connectivity index (χ3n) is 6.88. The van der Waals surface area contributed by atoms with Gasteiger partial charge in [0.2, 0.25) is 0 Å². The second-order valence-electron chi connectivity index (χ2n) is 9.43. The summed E-state index contributed by atoms with van der Waals surface area (Å²) in [7, 11) is 0. The third kappa shape index (κ3) is 3.90. The van der Waals surface area contributed by atoms with E-state index in [4.69, 9.17) is 0 Å². The monoisotopic (exact) mass is 425 g/mol. The van der Waals surface area contributed by atoms with Crippen molar-refractivity contribution in [3.63, 3.8) is 0 Å². The molecular formula is C32H27N. The van der Waals surface area contributed by atoms with E-state index in [0.717, 1.165) is 0 Å². The molecule has 33 heavy (non-hydrogen) atoms. The Kier molecular flexibility index (Phi) is 5.45. The second kappa shape index (κ2) is 8.57. The Morgan fingerprint density at radius 2 is 1.27 bits per heavy atom. The molecule has 1 heteroatoms. The standard InChI is InChI=1S/C32H27N/c1-32(2)21-29(24-11-5-3-6-12-24)27-15-9-10-16-28(27)31(32)30(25-13-7-4-8-14-25)26-19-17-23(22-33)18-20-26/h3-21,30-31H,1-2H3/t30-,31-/m1/s1. The zero-order valence-electron chi connectivity index (χ0n) is 19.1. The lowest BCUT2D eigenvalue weighted by Crippen LogP contribution is -2.31. The summed E-state index contributed by atoms with van der Waals surface area (Å²) in [6, 6.07) is 40.8. The fourth-order valence-electron chi connectivity index (χ4n) is 5.42. The van der Waals surface area contributed by atoms with E-state index in [-0.39, 0.29) is 17.3 Å². The largest absolute Gasteiger partial charge is 0.192 e. The molecule has 0 aromatic heterocycles. The molecule has 0 spiro atoms. The molecule has 4 aromatic carbocycles. The maximum Gasteiger partial charge on any atom is 0.0991 e. The lowest BCUT2D eigenvalue weighted by Gasteiger charge is -2.43. The SMILES string of the molecule is CC1(C)C=C(c2ccccc2)c2ccccc2[C@@H]1[C@H](c1ccccc1)c1ccc(C#N)cc1. The van der Waals surface area contributed by atoms with Gasteiger partial charge in [-0.25, -0.2) is 0 Å². The van der Waals surface area contributed by atoms with Crippen LogP contribution >= 0.6 is 0 Å². The smallest absolute Gasteiger partial charge is 0.0991 e. The number of hydrogen-bond acceptors (Lipinski definition) is 1. The van der Waals surface area contributed by atoms with Gasteiger partial charge in [-0.2, -0.15) is 5.26 Å². The van der Waals surface area contributed by atoms with Gasteiger partial charge in [-0.3, -0.25) is 0 Å². The Morgan fingerprint density at radius 3 is 1.94 bits per heavy atom. The van der Waals surface area contributed by atoms with Crippen molar-refractivity contribution < 1.29 is 0 Å². The maximum absolute atomic E-state index is 9.33. The average Bonchev–Trinajstić information content (AvgIpc) is 2.87. The summed E-state index contributed by atoms with van der Waals surface area (Å²) < 4.78 is 0. The molecule has 0 radical (unpaired) electrons. The highest BCUT2D eigenvalue weighted by Crippen LogP contribution is 2.55. The van der Waals surface area contributed by atoms with E-state index in [2.05, 4.69) is 123 Å². The molecule has 160 valence electrons. The molecule has 1 aliphatic carbocycles. The molecule has 1 nitrogen and oxygen atoms in total. The van der Waals surface area contributed by atoms with Crippen LogP contribution in [-0.2, 0) is 0 Å². The lowest BCUT2D eigenvalue weighted by molar-refractivity contribution is 0.338. The molecule has 5 rings (SSSR count). The van der Waals surface area contributed by atoms with E-state index >= 15 is 0 Å². The highest BCUT2D eigenvalue weighted by atomic mass is 14.4. The van der Waals surface area contributed by atoms with E-state index in [1.165, 1.54) is 33.4 Å². The molecule has 1 aliphatic rings. The van der Waals surface area contributed by atoms with Gasteiger partial charge in [-0.05, 0) is 50.9 Å². The van der Waals surface area contributed by atoms with Crippen LogP contribution in [0.2, 0.25) is 0 Å². The summed E-state index contributed by atoms with van der Waals surface area (Å²) >= 11 is 0. The van der Waals surface area contributed by atoms with Crippen LogP contribution in [0.15, 0.2) is 115 Å². The van der Waals surface area contributed by atoms with Gasteiger partial charge in [0.1, 0.15) is 0 Å². The van der Waals surface area contributed by atoms with Crippen molar-refractivity contribution in [1.29, 1.82) is 5.26 Å². The van der Waals surface area contributed by atoms with Crippen LogP contribution < -0.4 is 0 Å². The molecule has 0 fully saturated rings. The fourth-order valence-corrected chi connectivity index (χ4v) is 5.42. The van der Waals surface area contributed by atoms with Crippen LogP contribution in [0, 0.1) is 16.7 Å². The number of benzene rings is 4. The first kappa shape index (κ1) is 21.0. The van der Waals surface area contributed by atoms with E-state index < -0.39 is 0 Å². The van der Waals surface area contributed by atoms with Crippen LogP contribution in [-0.4, -0.2) is 0 Å². The molecule has 0 saturated heterocycles. The molecule has 0 heterocycles. The number of allylic oxidation sites excluding steroid dienone is 1. The van der Waals surface area contributed by atoms with Gasteiger partial charge in [-0.15, -0.1) is 0 Å². The molecule has 4 aromatic rings. The number of fused-ring (bicyclic) bond motifs is 1. The molecule has 0 bridgehead atoms. The Morgan fingerprint density at radius 1 is 0.697 bits per heavy atom. The predicted molar refractivity (Wildman–Crippen MR) is 136 cm³/mol. The van der Waals surface area contributed by atoms with E-state index in [0.29, 0.717) is 5.56 Å². The van der Waals surface area contributed by atoms with E-state index in [9.17, 15) is 5.26 Å². The first-order valence-corrected chi connectivity index (χ1v) is 11.5. The molecule has 2 atom stereocenters. The normalized spacial score (nSPS) is 17.4. The van der Waals surface area contributed by atoms with E-state index in [1.54, 1.807) is 0 Å².